The molecule has 0 amide bonds. The number of methoxy groups -OCH3 is 1. The Balaban J connectivity index is 1.89. The largest absolute Gasteiger partial charge is 0.504 e. The van der Waals surface area contributed by atoms with Gasteiger partial charge in [-0.3, -0.25) is 4.40 Å². The van der Waals surface area contributed by atoms with Crippen LogP contribution >= 0.6 is 0 Å². The van der Waals surface area contributed by atoms with Crippen LogP contribution in [0.15, 0.2) is 60.9 Å². The van der Waals surface area contributed by atoms with Crippen LogP contribution in [0, 0.1) is 0 Å². The summed E-state index contributed by atoms with van der Waals surface area (Å²) in [7, 11) is 1.32. The first-order valence-corrected chi connectivity index (χ1v) is 8.38. The summed E-state index contributed by atoms with van der Waals surface area (Å²) in [6, 6.07) is 13.1. The maximum atomic E-state index is 12.1. The zero-order valence-electron chi connectivity index (χ0n) is 14.8. The molecule has 2 aromatic carbocycles. The van der Waals surface area contributed by atoms with E-state index in [-0.39, 0.29) is 11.5 Å². The maximum Gasteiger partial charge on any atom is 0.339 e. The lowest BCUT2D eigenvalue weighted by Crippen LogP contribution is -2.06. The molecule has 0 radical (unpaired) electrons. The summed E-state index contributed by atoms with van der Waals surface area (Å²) in [4.78, 5) is 20.9. The Morgan fingerprint density at radius 3 is 2.71 bits per heavy atom. The number of benzene rings is 2. The minimum Gasteiger partial charge on any atom is -0.504 e. The van der Waals surface area contributed by atoms with Gasteiger partial charge in [-0.05, 0) is 36.4 Å². The van der Waals surface area contributed by atoms with Crippen molar-refractivity contribution in [3.63, 3.8) is 0 Å². The molecule has 8 heteroatoms. The summed E-state index contributed by atoms with van der Waals surface area (Å²) >= 11 is 0. The second kappa shape index (κ2) is 6.92. The highest BCUT2D eigenvalue weighted by Gasteiger charge is 2.19. The number of nitrogens with one attached hydrogen (secondary N) is 1. The van der Waals surface area contributed by atoms with Crippen LogP contribution in [-0.4, -0.2) is 37.7 Å². The second-order valence-electron chi connectivity index (χ2n) is 5.96. The average molecular weight is 376 g/mol. The Kier molecular flexibility index (Phi) is 4.29. The number of phenolic OH excluding ortho intramolecular Hbond substituents is 2. The molecule has 8 nitrogen and oxygen atoms in total. The Bertz CT molecular complexity index is 1190. The van der Waals surface area contributed by atoms with E-state index in [1.165, 1.54) is 19.2 Å². The van der Waals surface area contributed by atoms with Gasteiger partial charge in [-0.25, -0.2) is 14.8 Å². The van der Waals surface area contributed by atoms with Crippen LogP contribution in [-0.2, 0) is 4.74 Å². The Hall–Kier alpha value is -4.07. The van der Waals surface area contributed by atoms with E-state index < -0.39 is 5.97 Å². The summed E-state index contributed by atoms with van der Waals surface area (Å²) in [5.41, 5.74) is 1.96. The van der Waals surface area contributed by atoms with Crippen LogP contribution in [0.4, 0.5) is 11.5 Å². The Labute approximate surface area is 159 Å². The molecule has 0 aliphatic carbocycles. The van der Waals surface area contributed by atoms with Crippen molar-refractivity contribution in [1.82, 2.24) is 14.4 Å². The van der Waals surface area contributed by atoms with Crippen LogP contribution in [0.2, 0.25) is 0 Å². The van der Waals surface area contributed by atoms with Crippen LogP contribution < -0.4 is 5.32 Å². The minimum atomic E-state index is -0.473. The molecule has 0 aliphatic heterocycles. The minimum absolute atomic E-state index is 0.226. The first-order chi connectivity index (χ1) is 13.6. The number of para-hydroxylation sites is 1. The fourth-order valence-corrected chi connectivity index (χ4v) is 2.89. The van der Waals surface area contributed by atoms with Gasteiger partial charge in [0.25, 0.3) is 0 Å². The second-order valence-corrected chi connectivity index (χ2v) is 5.96. The normalized spacial score (nSPS) is 10.8. The predicted molar refractivity (Wildman–Crippen MR) is 103 cm³/mol. The van der Waals surface area contributed by atoms with Gasteiger partial charge >= 0.3 is 5.97 Å². The third-order valence-corrected chi connectivity index (χ3v) is 4.24. The smallest absolute Gasteiger partial charge is 0.339 e. The molecule has 28 heavy (non-hydrogen) atoms. The fourth-order valence-electron chi connectivity index (χ4n) is 2.89. The highest BCUT2D eigenvalue weighted by molar-refractivity contribution is 5.97. The molecule has 4 rings (SSSR count). The first-order valence-electron chi connectivity index (χ1n) is 8.38. The molecule has 0 unspecified atom stereocenters. The van der Waals surface area contributed by atoms with Gasteiger partial charge in [0.05, 0.1) is 18.4 Å². The van der Waals surface area contributed by atoms with Crippen molar-refractivity contribution < 1.29 is 19.7 Å². The van der Waals surface area contributed by atoms with Crippen LogP contribution in [0.3, 0.4) is 0 Å². The summed E-state index contributed by atoms with van der Waals surface area (Å²) in [5.74, 6) is 0.0196. The first kappa shape index (κ1) is 17.3. The van der Waals surface area contributed by atoms with Gasteiger partial charge in [0.15, 0.2) is 11.5 Å². The quantitative estimate of drug-likeness (QED) is 0.370. The summed E-state index contributed by atoms with van der Waals surface area (Å²) in [6.07, 6.45) is 3.40. The van der Waals surface area contributed by atoms with Gasteiger partial charge in [-0.1, -0.05) is 12.1 Å². The van der Waals surface area contributed by atoms with Crippen LogP contribution in [0.1, 0.15) is 10.4 Å². The number of carbonyl (C=O) groups excluding carboxylic acids is 1. The fraction of sp³-hybridized carbons (Fsp3) is 0.0500. The predicted octanol–water partition coefficient (Wildman–Crippen LogP) is 3.34. The van der Waals surface area contributed by atoms with E-state index in [0.29, 0.717) is 34.1 Å². The highest BCUT2D eigenvalue weighted by Crippen LogP contribution is 2.35. The number of hydrogen-bond acceptors (Lipinski definition) is 7. The van der Waals surface area contributed by atoms with Crippen molar-refractivity contribution in [2.75, 3.05) is 12.4 Å². The average Bonchev–Trinajstić information content (AvgIpc) is 3.08. The number of ether oxygens (including phenoxy) is 1. The lowest BCUT2D eigenvalue weighted by molar-refractivity contribution is 0.0602. The summed E-state index contributed by atoms with van der Waals surface area (Å²) < 4.78 is 6.58. The molecular formula is C20H16N4O4. The topological polar surface area (TPSA) is 109 Å². The van der Waals surface area contributed by atoms with E-state index in [1.54, 1.807) is 53.2 Å². The summed E-state index contributed by atoms with van der Waals surface area (Å²) in [5, 5.41) is 22.7. The van der Waals surface area contributed by atoms with E-state index in [9.17, 15) is 15.0 Å². The number of aromatic nitrogens is 3. The van der Waals surface area contributed by atoms with E-state index in [2.05, 4.69) is 15.3 Å². The van der Waals surface area contributed by atoms with Gasteiger partial charge in [0.2, 0.25) is 5.78 Å². The highest BCUT2D eigenvalue weighted by atomic mass is 16.5. The Morgan fingerprint density at radius 2 is 1.93 bits per heavy atom. The monoisotopic (exact) mass is 376 g/mol. The Morgan fingerprint density at radius 1 is 1.11 bits per heavy atom. The molecule has 0 saturated heterocycles. The number of rotatable bonds is 4. The number of fused-ring (bicyclic) bond motifs is 1. The molecule has 140 valence electrons. The number of anilines is 2. The van der Waals surface area contributed by atoms with Gasteiger partial charge in [0.1, 0.15) is 11.5 Å². The molecule has 0 fully saturated rings. The van der Waals surface area contributed by atoms with Crippen LogP contribution in [0.25, 0.3) is 17.0 Å². The molecule has 4 aromatic rings. The lowest BCUT2D eigenvalue weighted by atomic mass is 10.1. The number of imidazole rings is 1. The van der Waals surface area contributed by atoms with E-state index in [0.717, 1.165) is 0 Å². The lowest BCUT2D eigenvalue weighted by Gasteiger charge is -2.12. The summed E-state index contributed by atoms with van der Waals surface area (Å²) in [6.45, 7) is 0. The van der Waals surface area contributed by atoms with Crippen molar-refractivity contribution in [3.8, 4) is 22.8 Å². The number of phenols is 2. The molecule has 0 spiro atoms. The van der Waals surface area contributed by atoms with Gasteiger partial charge in [-0.15, -0.1) is 0 Å². The van der Waals surface area contributed by atoms with Gasteiger partial charge < -0.3 is 20.3 Å². The van der Waals surface area contributed by atoms with Crippen molar-refractivity contribution in [3.05, 3.63) is 66.5 Å². The standard InChI is InChI=1S/C20H16N4O4/c1-28-19(27)13-5-2-3-6-14(13)22-18-17(12-7-8-15(25)16(26)11-12)23-20-21-9-4-10-24(18)20/h2-11,22,25-26H,1H3. The molecule has 0 atom stereocenters. The number of carbonyl (C=O) groups is 1. The molecular weight excluding hydrogens is 360 g/mol. The van der Waals surface area contributed by atoms with Gasteiger partial charge in [-0.2, -0.15) is 0 Å². The number of hydrogen-bond donors (Lipinski definition) is 3. The number of nitrogens with zero attached hydrogens (tertiary/aromatic N) is 3. The van der Waals surface area contributed by atoms with E-state index >= 15 is 0 Å². The van der Waals surface area contributed by atoms with Crippen molar-refractivity contribution in [1.29, 1.82) is 0 Å². The molecule has 0 saturated carbocycles. The number of aromatic hydroxyl groups is 2. The van der Waals surface area contributed by atoms with Crippen molar-refractivity contribution >= 4 is 23.3 Å². The molecule has 0 bridgehead atoms. The third-order valence-electron chi connectivity index (χ3n) is 4.24. The zero-order chi connectivity index (χ0) is 19.7. The van der Waals surface area contributed by atoms with Crippen molar-refractivity contribution in [2.45, 2.75) is 0 Å². The zero-order valence-corrected chi connectivity index (χ0v) is 14.8. The molecule has 2 heterocycles. The van der Waals surface area contributed by atoms with E-state index in [1.807, 2.05) is 0 Å². The number of esters is 1. The molecule has 3 N–H and O–H groups in total. The van der Waals surface area contributed by atoms with Crippen LogP contribution in [0.5, 0.6) is 11.5 Å². The maximum absolute atomic E-state index is 12.1. The van der Waals surface area contributed by atoms with Crippen molar-refractivity contribution in [2.24, 2.45) is 0 Å². The molecule has 0 aliphatic rings. The van der Waals surface area contributed by atoms with E-state index in [4.69, 9.17) is 4.74 Å². The third kappa shape index (κ3) is 2.96. The SMILES string of the molecule is COC(=O)c1ccccc1Nc1c(-c2ccc(O)c(O)c2)nc2ncccn12. The molecule has 2 aromatic heterocycles. The van der Waals surface area contributed by atoms with Gasteiger partial charge in [0, 0.05) is 18.0 Å².